The number of benzene rings is 1. The smallest absolute Gasteiger partial charge is 0.253 e. The predicted molar refractivity (Wildman–Crippen MR) is 81.9 cm³/mol. The number of nitrogens with two attached hydrogens (primary N) is 1. The van der Waals surface area contributed by atoms with Crippen LogP contribution in [0.5, 0.6) is 0 Å². The van der Waals surface area contributed by atoms with Crippen LogP contribution in [0.3, 0.4) is 0 Å². The summed E-state index contributed by atoms with van der Waals surface area (Å²) in [6.45, 7) is 1.77. The van der Waals surface area contributed by atoms with Crippen molar-refractivity contribution in [2.75, 3.05) is 11.1 Å². The van der Waals surface area contributed by atoms with Crippen LogP contribution in [-0.4, -0.2) is 18.1 Å². The topological polar surface area (TPSA) is 64.3 Å². The minimum Gasteiger partial charge on any atom is -0.397 e. The summed E-state index contributed by atoms with van der Waals surface area (Å²) >= 11 is 5.83. The van der Waals surface area contributed by atoms with Crippen molar-refractivity contribution in [2.45, 2.75) is 51.2 Å². The van der Waals surface area contributed by atoms with Gasteiger partial charge in [-0.15, -0.1) is 0 Å². The Kier molecular flexibility index (Phi) is 5.26. The van der Waals surface area contributed by atoms with Crippen molar-refractivity contribution in [2.24, 2.45) is 0 Å². The van der Waals surface area contributed by atoms with Crippen molar-refractivity contribution in [3.63, 3.8) is 0 Å². The molecule has 1 fully saturated rings. The molecule has 110 valence electrons. The first-order valence-electron chi connectivity index (χ1n) is 7.07. The summed E-state index contributed by atoms with van der Waals surface area (Å²) in [5, 5.41) is 3.33. The van der Waals surface area contributed by atoms with Crippen LogP contribution >= 0.6 is 11.6 Å². The maximum absolute atomic E-state index is 12.1. The first kappa shape index (κ1) is 15.1. The lowest BCUT2D eigenvalue weighted by molar-refractivity contribution is -0.131. The Labute approximate surface area is 124 Å². The van der Waals surface area contributed by atoms with Crippen LogP contribution in [0.1, 0.15) is 39.0 Å². The molecule has 0 aliphatic heterocycles. The summed E-state index contributed by atoms with van der Waals surface area (Å²) in [6, 6.07) is 5.01. The highest BCUT2D eigenvalue weighted by molar-refractivity contribution is 6.31. The summed E-state index contributed by atoms with van der Waals surface area (Å²) in [7, 11) is 0. The largest absolute Gasteiger partial charge is 0.397 e. The highest BCUT2D eigenvalue weighted by Crippen LogP contribution is 2.24. The number of carbonyl (C=O) groups excluding carboxylic acids is 1. The fraction of sp³-hybridized carbons (Fsp3) is 0.533. The molecule has 0 saturated heterocycles. The third kappa shape index (κ3) is 4.12. The van der Waals surface area contributed by atoms with Crippen molar-refractivity contribution in [3.8, 4) is 0 Å². The van der Waals surface area contributed by atoms with Crippen LogP contribution in [0, 0.1) is 0 Å². The molecule has 1 unspecified atom stereocenters. The number of hydrogen-bond donors (Lipinski definition) is 2. The number of hydrogen-bond acceptors (Lipinski definition) is 3. The quantitative estimate of drug-likeness (QED) is 0.834. The van der Waals surface area contributed by atoms with Crippen LogP contribution in [0.2, 0.25) is 5.02 Å². The zero-order valence-electron chi connectivity index (χ0n) is 11.7. The van der Waals surface area contributed by atoms with Crippen molar-refractivity contribution in [1.29, 1.82) is 0 Å². The van der Waals surface area contributed by atoms with E-state index in [9.17, 15) is 4.79 Å². The fourth-order valence-corrected chi connectivity index (χ4v) is 2.61. The third-order valence-corrected chi connectivity index (χ3v) is 3.82. The maximum atomic E-state index is 12.1. The molecular formula is C15H21ClN2O2. The SMILES string of the molecule is CC(OC1CCCCC1)C(=O)Nc1ccc(Cl)cc1N. The molecule has 1 aromatic carbocycles. The lowest BCUT2D eigenvalue weighted by atomic mass is 9.97. The number of carbonyl (C=O) groups is 1. The van der Waals surface area contributed by atoms with Crippen LogP contribution in [0.4, 0.5) is 11.4 Å². The van der Waals surface area contributed by atoms with E-state index in [1.807, 2.05) is 0 Å². The molecule has 0 heterocycles. The summed E-state index contributed by atoms with van der Waals surface area (Å²) in [5.41, 5.74) is 6.84. The van der Waals surface area contributed by atoms with Gasteiger partial charge in [0.05, 0.1) is 17.5 Å². The number of nitrogen functional groups attached to an aromatic ring is 1. The fourth-order valence-electron chi connectivity index (χ4n) is 2.43. The van der Waals surface area contributed by atoms with E-state index in [1.54, 1.807) is 25.1 Å². The zero-order chi connectivity index (χ0) is 14.5. The lowest BCUT2D eigenvalue weighted by Crippen LogP contribution is -2.32. The van der Waals surface area contributed by atoms with Gasteiger partial charge in [0, 0.05) is 5.02 Å². The monoisotopic (exact) mass is 296 g/mol. The van der Waals surface area contributed by atoms with Gasteiger partial charge < -0.3 is 15.8 Å². The Balaban J connectivity index is 1.89. The van der Waals surface area contributed by atoms with Crippen molar-refractivity contribution in [3.05, 3.63) is 23.2 Å². The van der Waals surface area contributed by atoms with Crippen LogP contribution < -0.4 is 11.1 Å². The Bertz CT molecular complexity index is 473. The van der Waals surface area contributed by atoms with Gasteiger partial charge in [0.1, 0.15) is 6.10 Å². The molecule has 20 heavy (non-hydrogen) atoms. The van der Waals surface area contributed by atoms with Gasteiger partial charge in [0.15, 0.2) is 0 Å². The second-order valence-corrected chi connectivity index (χ2v) is 5.70. The Hall–Kier alpha value is -1.26. The van der Waals surface area contributed by atoms with Gasteiger partial charge in [-0.25, -0.2) is 0 Å². The van der Waals surface area contributed by atoms with Gasteiger partial charge >= 0.3 is 0 Å². The summed E-state index contributed by atoms with van der Waals surface area (Å²) in [6.07, 6.45) is 5.44. The molecule has 0 bridgehead atoms. The van der Waals surface area contributed by atoms with Gasteiger partial charge in [0.25, 0.3) is 5.91 Å². The van der Waals surface area contributed by atoms with Gasteiger partial charge in [-0.2, -0.15) is 0 Å². The van der Waals surface area contributed by atoms with E-state index in [0.29, 0.717) is 16.4 Å². The number of rotatable bonds is 4. The maximum Gasteiger partial charge on any atom is 0.253 e. The Morgan fingerprint density at radius 3 is 2.75 bits per heavy atom. The highest BCUT2D eigenvalue weighted by Gasteiger charge is 2.21. The molecule has 1 atom stereocenters. The van der Waals surface area contributed by atoms with Crippen LogP contribution in [-0.2, 0) is 9.53 Å². The van der Waals surface area contributed by atoms with Crippen LogP contribution in [0.15, 0.2) is 18.2 Å². The van der Waals surface area contributed by atoms with E-state index in [-0.39, 0.29) is 12.0 Å². The number of nitrogens with one attached hydrogen (secondary N) is 1. The van der Waals surface area contributed by atoms with E-state index < -0.39 is 6.10 Å². The molecule has 1 aliphatic rings. The molecule has 0 radical (unpaired) electrons. The van der Waals surface area contributed by atoms with Crippen molar-refractivity contribution >= 4 is 28.9 Å². The molecule has 2 rings (SSSR count). The second-order valence-electron chi connectivity index (χ2n) is 5.26. The van der Waals surface area contributed by atoms with E-state index in [4.69, 9.17) is 22.1 Å². The Morgan fingerprint density at radius 1 is 1.40 bits per heavy atom. The number of anilines is 2. The molecular weight excluding hydrogens is 276 g/mol. The van der Waals surface area contributed by atoms with E-state index in [0.717, 1.165) is 12.8 Å². The molecule has 1 aliphatic carbocycles. The van der Waals surface area contributed by atoms with E-state index in [1.165, 1.54) is 19.3 Å². The molecule has 1 saturated carbocycles. The van der Waals surface area contributed by atoms with E-state index >= 15 is 0 Å². The molecule has 3 N–H and O–H groups in total. The number of ether oxygens (including phenoxy) is 1. The predicted octanol–water partition coefficient (Wildman–Crippen LogP) is 3.60. The van der Waals surface area contributed by atoms with Gasteiger partial charge in [-0.3, -0.25) is 4.79 Å². The molecule has 1 aromatic rings. The molecule has 4 nitrogen and oxygen atoms in total. The Morgan fingerprint density at radius 2 is 2.10 bits per heavy atom. The van der Waals surface area contributed by atoms with Gasteiger partial charge in [0.2, 0.25) is 0 Å². The van der Waals surface area contributed by atoms with Crippen LogP contribution in [0.25, 0.3) is 0 Å². The van der Waals surface area contributed by atoms with Crippen molar-refractivity contribution < 1.29 is 9.53 Å². The third-order valence-electron chi connectivity index (χ3n) is 3.59. The molecule has 0 spiro atoms. The average molecular weight is 297 g/mol. The first-order chi connectivity index (χ1) is 9.56. The first-order valence-corrected chi connectivity index (χ1v) is 7.45. The highest BCUT2D eigenvalue weighted by atomic mass is 35.5. The summed E-state index contributed by atoms with van der Waals surface area (Å²) in [4.78, 5) is 12.1. The number of amides is 1. The lowest BCUT2D eigenvalue weighted by Gasteiger charge is -2.25. The summed E-state index contributed by atoms with van der Waals surface area (Å²) < 4.78 is 5.81. The standard InChI is InChI=1S/C15H21ClN2O2/c1-10(20-12-5-3-2-4-6-12)15(19)18-14-8-7-11(16)9-13(14)17/h7-10,12H,2-6,17H2,1H3,(H,18,19). The minimum absolute atomic E-state index is 0.176. The minimum atomic E-state index is -0.479. The number of halogens is 1. The van der Waals surface area contributed by atoms with Crippen molar-refractivity contribution in [1.82, 2.24) is 0 Å². The second kappa shape index (κ2) is 6.95. The summed E-state index contributed by atoms with van der Waals surface area (Å²) in [5.74, 6) is -0.176. The normalized spacial score (nSPS) is 17.7. The molecule has 1 amide bonds. The molecule has 5 heteroatoms. The van der Waals surface area contributed by atoms with Gasteiger partial charge in [-0.05, 0) is 38.0 Å². The average Bonchev–Trinajstić information content (AvgIpc) is 2.43. The molecule has 0 aromatic heterocycles. The van der Waals surface area contributed by atoms with Gasteiger partial charge in [-0.1, -0.05) is 30.9 Å². The van der Waals surface area contributed by atoms with E-state index in [2.05, 4.69) is 5.32 Å². The zero-order valence-corrected chi connectivity index (χ0v) is 12.5.